The lowest BCUT2D eigenvalue weighted by Gasteiger charge is -2.35. The number of hydrogen-bond acceptors (Lipinski definition) is 8. The van der Waals surface area contributed by atoms with Crippen LogP contribution in [-0.4, -0.2) is 52.2 Å². The van der Waals surface area contributed by atoms with Gasteiger partial charge < -0.3 is 19.9 Å². The van der Waals surface area contributed by atoms with Crippen molar-refractivity contribution in [3.8, 4) is 5.75 Å². The first-order valence-corrected chi connectivity index (χ1v) is 9.82. The van der Waals surface area contributed by atoms with E-state index in [-0.39, 0.29) is 6.10 Å². The van der Waals surface area contributed by atoms with Gasteiger partial charge in [-0.1, -0.05) is 12.1 Å². The van der Waals surface area contributed by atoms with Gasteiger partial charge in [0, 0.05) is 44.8 Å². The van der Waals surface area contributed by atoms with Gasteiger partial charge in [-0.25, -0.2) is 15.0 Å². The van der Waals surface area contributed by atoms with Crippen LogP contribution in [0.1, 0.15) is 13.8 Å². The molecule has 8 heteroatoms. The lowest BCUT2D eigenvalue weighted by molar-refractivity contribution is 0.244. The van der Waals surface area contributed by atoms with Crippen molar-refractivity contribution in [3.05, 3.63) is 55.0 Å². The highest BCUT2D eigenvalue weighted by Crippen LogP contribution is 2.27. The molecule has 0 spiro atoms. The second-order valence-corrected chi connectivity index (χ2v) is 7.05. The number of benzene rings is 1. The Hall–Kier alpha value is -3.42. The van der Waals surface area contributed by atoms with Crippen molar-refractivity contribution in [3.63, 3.8) is 0 Å². The Morgan fingerprint density at radius 2 is 1.59 bits per heavy atom. The first-order valence-electron chi connectivity index (χ1n) is 9.82. The third-order valence-electron chi connectivity index (χ3n) is 4.58. The number of hydrogen-bond donors (Lipinski definition) is 1. The molecule has 150 valence electrons. The van der Waals surface area contributed by atoms with E-state index in [0.29, 0.717) is 5.95 Å². The summed E-state index contributed by atoms with van der Waals surface area (Å²) in [5, 5.41) is 3.29. The number of nitrogens with one attached hydrogen (secondary N) is 1. The highest BCUT2D eigenvalue weighted by Gasteiger charge is 2.20. The van der Waals surface area contributed by atoms with E-state index in [2.05, 4.69) is 30.1 Å². The number of piperazine rings is 1. The van der Waals surface area contributed by atoms with Gasteiger partial charge in [0.05, 0.1) is 11.8 Å². The molecular formula is C21H25N7O. The Balaban J connectivity index is 1.44. The van der Waals surface area contributed by atoms with Gasteiger partial charge in [0.15, 0.2) is 0 Å². The monoisotopic (exact) mass is 391 g/mol. The van der Waals surface area contributed by atoms with Crippen LogP contribution in [-0.2, 0) is 0 Å². The fourth-order valence-corrected chi connectivity index (χ4v) is 3.22. The maximum Gasteiger partial charge on any atom is 0.229 e. The van der Waals surface area contributed by atoms with Crippen LogP contribution in [0.3, 0.4) is 0 Å². The molecular weight excluding hydrogens is 366 g/mol. The fraction of sp³-hybridized carbons (Fsp3) is 0.333. The van der Waals surface area contributed by atoms with Crippen molar-refractivity contribution in [2.24, 2.45) is 0 Å². The number of aromatic nitrogens is 4. The van der Waals surface area contributed by atoms with Crippen molar-refractivity contribution < 1.29 is 4.74 Å². The third kappa shape index (κ3) is 4.71. The molecule has 0 aliphatic carbocycles. The molecule has 1 aromatic carbocycles. The average Bonchev–Trinajstić information content (AvgIpc) is 2.76. The van der Waals surface area contributed by atoms with Gasteiger partial charge in [0.2, 0.25) is 11.9 Å². The molecule has 0 bridgehead atoms. The normalized spacial score (nSPS) is 14.2. The molecule has 0 unspecified atom stereocenters. The number of rotatable bonds is 6. The van der Waals surface area contributed by atoms with E-state index in [0.717, 1.165) is 49.4 Å². The molecule has 0 amide bonds. The van der Waals surface area contributed by atoms with Crippen molar-refractivity contribution in [2.45, 2.75) is 20.0 Å². The Labute approximate surface area is 170 Å². The van der Waals surface area contributed by atoms with Gasteiger partial charge >= 0.3 is 0 Å². The minimum absolute atomic E-state index is 0.0927. The van der Waals surface area contributed by atoms with Crippen LogP contribution in [0.4, 0.5) is 23.4 Å². The molecule has 1 aliphatic heterocycles. The predicted molar refractivity (Wildman–Crippen MR) is 114 cm³/mol. The van der Waals surface area contributed by atoms with Gasteiger partial charge in [-0.05, 0) is 38.1 Å². The first-order chi connectivity index (χ1) is 14.2. The van der Waals surface area contributed by atoms with Gasteiger partial charge in [-0.3, -0.25) is 0 Å². The minimum atomic E-state index is 0.0927. The summed E-state index contributed by atoms with van der Waals surface area (Å²) in [5.74, 6) is 3.02. The molecule has 1 N–H and O–H groups in total. The average molecular weight is 391 g/mol. The van der Waals surface area contributed by atoms with E-state index in [1.165, 1.54) is 0 Å². The van der Waals surface area contributed by atoms with Gasteiger partial charge in [0.1, 0.15) is 11.6 Å². The van der Waals surface area contributed by atoms with Crippen LogP contribution in [0, 0.1) is 0 Å². The van der Waals surface area contributed by atoms with Crippen molar-refractivity contribution >= 4 is 23.4 Å². The Morgan fingerprint density at radius 1 is 0.862 bits per heavy atom. The lowest BCUT2D eigenvalue weighted by Crippen LogP contribution is -2.47. The van der Waals surface area contributed by atoms with E-state index in [4.69, 9.17) is 9.72 Å². The SMILES string of the molecule is CC(C)Oc1ccccc1Nc1nccc(N2CCN(c3ncccn3)CC2)n1. The predicted octanol–water partition coefficient (Wildman–Crippen LogP) is 3.12. The summed E-state index contributed by atoms with van der Waals surface area (Å²) in [7, 11) is 0. The molecule has 2 aromatic heterocycles. The van der Waals surface area contributed by atoms with Crippen LogP contribution in [0.25, 0.3) is 0 Å². The second kappa shape index (κ2) is 8.72. The largest absolute Gasteiger partial charge is 0.489 e. The number of nitrogens with zero attached hydrogens (tertiary/aromatic N) is 6. The molecule has 3 aromatic rings. The highest BCUT2D eigenvalue weighted by molar-refractivity contribution is 5.63. The Kier molecular flexibility index (Phi) is 5.69. The molecule has 4 rings (SSSR count). The number of para-hydroxylation sites is 2. The zero-order valence-electron chi connectivity index (χ0n) is 16.7. The summed E-state index contributed by atoms with van der Waals surface area (Å²) in [6.45, 7) is 7.41. The molecule has 1 fully saturated rings. The molecule has 0 atom stereocenters. The maximum absolute atomic E-state index is 5.87. The molecule has 0 saturated carbocycles. The fourth-order valence-electron chi connectivity index (χ4n) is 3.22. The lowest BCUT2D eigenvalue weighted by atomic mass is 10.3. The Morgan fingerprint density at radius 3 is 2.34 bits per heavy atom. The van der Waals surface area contributed by atoms with E-state index < -0.39 is 0 Å². The van der Waals surface area contributed by atoms with E-state index >= 15 is 0 Å². The summed E-state index contributed by atoms with van der Waals surface area (Å²) in [6, 6.07) is 11.6. The van der Waals surface area contributed by atoms with E-state index in [1.54, 1.807) is 18.6 Å². The topological polar surface area (TPSA) is 79.3 Å². The summed E-state index contributed by atoms with van der Waals surface area (Å²) >= 11 is 0. The summed E-state index contributed by atoms with van der Waals surface area (Å²) in [5.41, 5.74) is 0.851. The molecule has 0 radical (unpaired) electrons. The van der Waals surface area contributed by atoms with Crippen LogP contribution in [0.5, 0.6) is 5.75 Å². The van der Waals surface area contributed by atoms with Gasteiger partial charge in [-0.2, -0.15) is 4.98 Å². The molecule has 1 aliphatic rings. The third-order valence-corrected chi connectivity index (χ3v) is 4.58. The molecule has 1 saturated heterocycles. The highest BCUT2D eigenvalue weighted by atomic mass is 16.5. The van der Waals surface area contributed by atoms with Crippen molar-refractivity contribution in [1.82, 2.24) is 19.9 Å². The van der Waals surface area contributed by atoms with Crippen LogP contribution >= 0.6 is 0 Å². The smallest absolute Gasteiger partial charge is 0.229 e. The summed E-state index contributed by atoms with van der Waals surface area (Å²) in [4.78, 5) is 22.2. The maximum atomic E-state index is 5.87. The van der Waals surface area contributed by atoms with Gasteiger partial charge in [-0.15, -0.1) is 0 Å². The second-order valence-electron chi connectivity index (χ2n) is 7.05. The standard InChI is InChI=1S/C21H25N7O/c1-16(2)29-18-7-4-3-6-17(18)25-20-22-11-8-19(26-20)27-12-14-28(15-13-27)21-23-9-5-10-24-21/h3-11,16H,12-15H2,1-2H3,(H,22,25,26). The zero-order valence-corrected chi connectivity index (χ0v) is 16.7. The molecule has 8 nitrogen and oxygen atoms in total. The summed E-state index contributed by atoms with van der Waals surface area (Å²) in [6.07, 6.45) is 5.43. The van der Waals surface area contributed by atoms with E-state index in [9.17, 15) is 0 Å². The van der Waals surface area contributed by atoms with Crippen LogP contribution in [0.2, 0.25) is 0 Å². The van der Waals surface area contributed by atoms with Crippen molar-refractivity contribution in [2.75, 3.05) is 41.3 Å². The molecule has 3 heterocycles. The van der Waals surface area contributed by atoms with Gasteiger partial charge in [0.25, 0.3) is 0 Å². The minimum Gasteiger partial charge on any atom is -0.489 e. The molecule has 29 heavy (non-hydrogen) atoms. The number of ether oxygens (including phenoxy) is 1. The van der Waals surface area contributed by atoms with Crippen LogP contribution in [0.15, 0.2) is 55.0 Å². The van der Waals surface area contributed by atoms with Crippen LogP contribution < -0.4 is 19.9 Å². The Bertz CT molecular complexity index is 927. The van der Waals surface area contributed by atoms with Crippen molar-refractivity contribution in [1.29, 1.82) is 0 Å². The zero-order chi connectivity index (χ0) is 20.1. The quantitative estimate of drug-likeness (QED) is 0.687. The first kappa shape index (κ1) is 18.9. The number of anilines is 4. The van der Waals surface area contributed by atoms with E-state index in [1.807, 2.05) is 50.2 Å². The summed E-state index contributed by atoms with van der Waals surface area (Å²) < 4.78 is 5.87.